The lowest BCUT2D eigenvalue weighted by Gasteiger charge is -2.36. The number of fused-ring (bicyclic) bond motifs is 3. The van der Waals surface area contributed by atoms with E-state index < -0.39 is 11.7 Å². The SMILES string of the molecule is OCC#CC1=CN=C2C=Nc3cc(C(F)(F)F)ccc3[N+]12CCCOC1CCCCO1. The van der Waals surface area contributed by atoms with Crippen molar-refractivity contribution in [1.82, 2.24) is 4.48 Å². The summed E-state index contributed by atoms with van der Waals surface area (Å²) in [6, 6.07) is 3.54. The van der Waals surface area contributed by atoms with Crippen LogP contribution in [0, 0.1) is 11.8 Å². The molecule has 1 aromatic carbocycles. The van der Waals surface area contributed by atoms with Crippen molar-refractivity contribution in [3.63, 3.8) is 0 Å². The Hall–Kier alpha value is -2.51. The van der Waals surface area contributed by atoms with E-state index in [2.05, 4.69) is 21.8 Å². The van der Waals surface area contributed by atoms with Crippen LogP contribution in [0.1, 0.15) is 31.2 Å². The number of hydrogen-bond acceptors (Lipinski definition) is 5. The van der Waals surface area contributed by atoms with Crippen molar-refractivity contribution >= 4 is 23.4 Å². The van der Waals surface area contributed by atoms with Gasteiger partial charge in [-0.1, -0.05) is 5.92 Å². The molecule has 1 saturated heterocycles. The highest BCUT2D eigenvalue weighted by Crippen LogP contribution is 2.45. The summed E-state index contributed by atoms with van der Waals surface area (Å²) in [7, 11) is 0. The summed E-state index contributed by atoms with van der Waals surface area (Å²) in [5.74, 6) is 6.12. The maximum Gasteiger partial charge on any atom is 0.416 e. The first kappa shape index (κ1) is 21.7. The molecule has 6 nitrogen and oxygen atoms in total. The quantitative estimate of drug-likeness (QED) is 0.434. The Bertz CT molecular complexity index is 985. The minimum absolute atomic E-state index is 0.0544. The predicted octanol–water partition coefficient (Wildman–Crippen LogP) is 3.91. The number of rotatable bonds is 5. The molecule has 3 aliphatic rings. The fourth-order valence-corrected chi connectivity index (χ4v) is 4.06. The third-order valence-corrected chi connectivity index (χ3v) is 5.53. The molecule has 9 heteroatoms. The van der Waals surface area contributed by atoms with Gasteiger partial charge in [0, 0.05) is 19.1 Å². The molecule has 0 spiro atoms. The summed E-state index contributed by atoms with van der Waals surface area (Å²) in [6.45, 7) is 1.27. The molecule has 164 valence electrons. The summed E-state index contributed by atoms with van der Waals surface area (Å²) in [5, 5.41) is 9.16. The van der Waals surface area contributed by atoms with Crippen molar-refractivity contribution in [2.24, 2.45) is 9.98 Å². The molecule has 31 heavy (non-hydrogen) atoms. The topological polar surface area (TPSA) is 63.4 Å². The maximum absolute atomic E-state index is 13.2. The summed E-state index contributed by atoms with van der Waals surface area (Å²) >= 11 is 0. The van der Waals surface area contributed by atoms with Gasteiger partial charge in [0.25, 0.3) is 5.84 Å². The summed E-state index contributed by atoms with van der Waals surface area (Å²) < 4.78 is 51.1. The molecule has 2 atom stereocenters. The lowest BCUT2D eigenvalue weighted by Crippen LogP contribution is -2.54. The number of benzene rings is 1. The fourth-order valence-electron chi connectivity index (χ4n) is 4.06. The van der Waals surface area contributed by atoms with Crippen LogP contribution >= 0.6 is 0 Å². The van der Waals surface area contributed by atoms with Crippen molar-refractivity contribution in [3.05, 3.63) is 35.7 Å². The van der Waals surface area contributed by atoms with Crippen LogP contribution in [0.2, 0.25) is 0 Å². The second-order valence-electron chi connectivity index (χ2n) is 7.47. The summed E-state index contributed by atoms with van der Waals surface area (Å²) in [5.41, 5.74) is 0.610. The molecule has 1 aromatic rings. The number of allylic oxidation sites excluding steroid dienone is 1. The average molecular weight is 434 g/mol. The van der Waals surface area contributed by atoms with Crippen molar-refractivity contribution in [2.45, 2.75) is 38.1 Å². The minimum Gasteiger partial charge on any atom is -0.384 e. The smallest absolute Gasteiger partial charge is 0.384 e. The Labute approximate surface area is 178 Å². The van der Waals surface area contributed by atoms with Crippen molar-refractivity contribution in [1.29, 1.82) is 0 Å². The molecule has 3 heterocycles. The lowest BCUT2D eigenvalue weighted by molar-refractivity contribution is -0.162. The molecule has 0 saturated carbocycles. The van der Waals surface area contributed by atoms with Crippen LogP contribution in [-0.2, 0) is 15.7 Å². The van der Waals surface area contributed by atoms with Gasteiger partial charge in [-0.2, -0.15) is 22.6 Å². The van der Waals surface area contributed by atoms with Gasteiger partial charge < -0.3 is 14.6 Å². The zero-order valence-electron chi connectivity index (χ0n) is 16.9. The largest absolute Gasteiger partial charge is 0.416 e. The van der Waals surface area contributed by atoms with Crippen LogP contribution < -0.4 is 4.48 Å². The Balaban J connectivity index is 1.62. The standard InChI is InChI=1S/C22H23F3N3O3/c23-22(24,25)16-7-8-19-18(13-16)26-15-20-27-14-17(5-3-10-29)28(19,20)9-4-12-31-21-6-1-2-11-30-21/h7-8,13-15,21,29H,1-2,4,6,9-12H2/q+1. The van der Waals surface area contributed by atoms with E-state index in [0.29, 0.717) is 43.4 Å². The molecule has 0 radical (unpaired) electrons. The Morgan fingerprint density at radius 3 is 2.90 bits per heavy atom. The van der Waals surface area contributed by atoms with E-state index in [0.717, 1.165) is 31.4 Å². The third-order valence-electron chi connectivity index (χ3n) is 5.53. The van der Waals surface area contributed by atoms with Crippen LogP contribution in [0.4, 0.5) is 24.5 Å². The van der Waals surface area contributed by atoms with Gasteiger partial charge in [0.05, 0.1) is 18.7 Å². The number of aliphatic hydroxyl groups excluding tert-OH is 1. The number of aliphatic imine (C=N–C) groups is 2. The van der Waals surface area contributed by atoms with Crippen molar-refractivity contribution in [3.8, 4) is 11.8 Å². The number of alkyl halides is 3. The molecule has 2 unspecified atom stereocenters. The molecular weight excluding hydrogens is 411 g/mol. The van der Waals surface area contributed by atoms with Gasteiger partial charge in [0.15, 0.2) is 12.0 Å². The number of hydrogen-bond donors (Lipinski definition) is 1. The molecular formula is C22H23F3N3O3+. The van der Waals surface area contributed by atoms with E-state index >= 15 is 0 Å². The highest BCUT2D eigenvalue weighted by atomic mass is 19.4. The number of nitrogens with zero attached hydrogens (tertiary/aromatic N) is 3. The Morgan fingerprint density at radius 2 is 2.16 bits per heavy atom. The van der Waals surface area contributed by atoms with E-state index in [1.807, 2.05) is 0 Å². The van der Waals surface area contributed by atoms with Crippen LogP contribution in [0.15, 0.2) is 40.1 Å². The van der Waals surface area contributed by atoms with Gasteiger partial charge >= 0.3 is 6.18 Å². The number of amidine groups is 1. The molecule has 4 rings (SSSR count). The first-order chi connectivity index (χ1) is 14.9. The number of ether oxygens (including phenoxy) is 2. The highest BCUT2D eigenvalue weighted by Gasteiger charge is 2.47. The summed E-state index contributed by atoms with van der Waals surface area (Å²) in [6.07, 6.45) is 1.96. The second-order valence-corrected chi connectivity index (χ2v) is 7.47. The molecule has 1 N–H and O–H groups in total. The zero-order valence-corrected chi connectivity index (χ0v) is 16.9. The van der Waals surface area contributed by atoms with Crippen LogP contribution in [-0.4, -0.2) is 49.8 Å². The monoisotopic (exact) mass is 434 g/mol. The van der Waals surface area contributed by atoms with Gasteiger partial charge in [-0.15, -0.1) is 0 Å². The molecule has 1 fully saturated rings. The normalized spacial score (nSPS) is 24.6. The third kappa shape index (κ3) is 4.29. The molecule has 3 aliphatic heterocycles. The fraction of sp³-hybridized carbons (Fsp3) is 0.455. The van der Waals surface area contributed by atoms with Gasteiger partial charge in [-0.05, 0) is 37.3 Å². The summed E-state index contributed by atoms with van der Waals surface area (Å²) in [4.78, 5) is 8.63. The minimum atomic E-state index is -4.46. The molecule has 0 aliphatic carbocycles. The van der Waals surface area contributed by atoms with Gasteiger partial charge in [-0.3, -0.25) is 0 Å². The van der Waals surface area contributed by atoms with Gasteiger partial charge in [-0.25, -0.2) is 4.99 Å². The van der Waals surface area contributed by atoms with Crippen molar-refractivity contribution in [2.75, 3.05) is 26.4 Å². The second kappa shape index (κ2) is 8.93. The van der Waals surface area contributed by atoms with Crippen LogP contribution in [0.5, 0.6) is 0 Å². The zero-order chi connectivity index (χ0) is 21.9. The van der Waals surface area contributed by atoms with E-state index in [1.54, 1.807) is 6.20 Å². The first-order valence-electron chi connectivity index (χ1n) is 10.2. The van der Waals surface area contributed by atoms with Crippen molar-refractivity contribution < 1.29 is 27.8 Å². The highest BCUT2D eigenvalue weighted by molar-refractivity contribution is 6.37. The lowest BCUT2D eigenvalue weighted by atomic mass is 10.1. The van der Waals surface area contributed by atoms with E-state index in [4.69, 9.17) is 14.6 Å². The maximum atomic E-state index is 13.2. The van der Waals surface area contributed by atoms with E-state index in [1.165, 1.54) is 12.3 Å². The first-order valence-corrected chi connectivity index (χ1v) is 10.2. The van der Waals surface area contributed by atoms with E-state index in [-0.39, 0.29) is 23.1 Å². The average Bonchev–Trinajstić information content (AvgIpc) is 3.13. The molecule has 0 aromatic heterocycles. The number of quaternary nitrogens is 1. The number of aliphatic hydroxyl groups is 1. The van der Waals surface area contributed by atoms with Crippen LogP contribution in [0.25, 0.3) is 0 Å². The Kier molecular flexibility index (Phi) is 6.25. The molecule has 0 bridgehead atoms. The Morgan fingerprint density at radius 1 is 1.29 bits per heavy atom. The van der Waals surface area contributed by atoms with Crippen LogP contribution in [0.3, 0.4) is 0 Å². The predicted molar refractivity (Wildman–Crippen MR) is 111 cm³/mol. The van der Waals surface area contributed by atoms with E-state index in [9.17, 15) is 13.2 Å². The van der Waals surface area contributed by atoms with Gasteiger partial charge in [0.2, 0.25) is 5.70 Å². The number of halogens is 3. The van der Waals surface area contributed by atoms with Gasteiger partial charge in [0.1, 0.15) is 24.7 Å². The molecule has 0 amide bonds.